The van der Waals surface area contributed by atoms with Gasteiger partial charge in [-0.05, 0) is 16.3 Å². The summed E-state index contributed by atoms with van der Waals surface area (Å²) >= 11 is 0. The Labute approximate surface area is 123 Å². The van der Waals surface area contributed by atoms with Crippen molar-refractivity contribution in [1.82, 2.24) is 5.32 Å². The van der Waals surface area contributed by atoms with Crippen molar-refractivity contribution < 1.29 is 14.3 Å². The summed E-state index contributed by atoms with van der Waals surface area (Å²) in [5.74, 6) is -0.922. The Kier molecular flexibility index (Phi) is 4.90. The lowest BCUT2D eigenvalue weighted by Crippen LogP contribution is -2.47. The number of nitrogens with two attached hydrogens (primary N) is 1. The Morgan fingerprint density at radius 2 is 1.90 bits per heavy atom. The minimum absolute atomic E-state index is 0.0979. The van der Waals surface area contributed by atoms with Crippen LogP contribution < -0.4 is 11.1 Å². The number of primary amides is 1. The van der Waals surface area contributed by atoms with Gasteiger partial charge in [-0.3, -0.25) is 9.59 Å². The minimum Gasteiger partial charge on any atom is -0.375 e. The van der Waals surface area contributed by atoms with E-state index in [0.717, 1.165) is 16.3 Å². The van der Waals surface area contributed by atoms with Crippen molar-refractivity contribution in [2.45, 2.75) is 12.5 Å². The smallest absolute Gasteiger partial charge is 0.246 e. The Hall–Kier alpha value is -2.40. The molecule has 0 heterocycles. The molecule has 2 aromatic rings. The maximum atomic E-state index is 11.6. The zero-order valence-electron chi connectivity index (χ0n) is 11.8. The van der Waals surface area contributed by atoms with Crippen molar-refractivity contribution in [3.05, 3.63) is 48.0 Å². The number of hydrogen-bond acceptors (Lipinski definition) is 3. The SMILES string of the molecule is COCC(=O)N[C@H](Cc1cccc2ccccc12)C(N)=O. The number of rotatable bonds is 6. The lowest BCUT2D eigenvalue weighted by atomic mass is 9.98. The van der Waals surface area contributed by atoms with Gasteiger partial charge in [-0.2, -0.15) is 0 Å². The van der Waals surface area contributed by atoms with E-state index in [-0.39, 0.29) is 12.5 Å². The van der Waals surface area contributed by atoms with Crippen LogP contribution in [0.2, 0.25) is 0 Å². The molecule has 2 aromatic carbocycles. The van der Waals surface area contributed by atoms with Gasteiger partial charge < -0.3 is 15.8 Å². The Bertz CT molecular complexity index is 650. The standard InChI is InChI=1S/C16H18N2O3/c1-21-10-15(19)18-14(16(17)20)9-12-7-4-6-11-5-2-3-8-13(11)12/h2-8,14H,9-10H2,1H3,(H2,17,20)(H,18,19)/t14-/m1/s1. The Balaban J connectivity index is 2.23. The van der Waals surface area contributed by atoms with E-state index in [2.05, 4.69) is 5.32 Å². The molecule has 5 nitrogen and oxygen atoms in total. The molecule has 0 unspecified atom stereocenters. The van der Waals surface area contributed by atoms with Crippen LogP contribution in [0.4, 0.5) is 0 Å². The van der Waals surface area contributed by atoms with E-state index in [4.69, 9.17) is 10.5 Å². The third-order valence-electron chi connectivity index (χ3n) is 3.26. The number of amides is 2. The molecule has 0 saturated carbocycles. The van der Waals surface area contributed by atoms with Crippen LogP contribution >= 0.6 is 0 Å². The van der Waals surface area contributed by atoms with Gasteiger partial charge in [0.25, 0.3) is 0 Å². The zero-order chi connectivity index (χ0) is 15.2. The second-order valence-corrected chi connectivity index (χ2v) is 4.80. The van der Waals surface area contributed by atoms with Crippen molar-refractivity contribution >= 4 is 22.6 Å². The number of carbonyl (C=O) groups excluding carboxylic acids is 2. The van der Waals surface area contributed by atoms with E-state index in [1.807, 2.05) is 42.5 Å². The number of ether oxygens (including phenoxy) is 1. The molecule has 1 atom stereocenters. The van der Waals surface area contributed by atoms with Crippen LogP contribution in [0.15, 0.2) is 42.5 Å². The van der Waals surface area contributed by atoms with E-state index in [0.29, 0.717) is 6.42 Å². The molecule has 0 aliphatic rings. The monoisotopic (exact) mass is 286 g/mol. The summed E-state index contributed by atoms with van der Waals surface area (Å²) in [6.07, 6.45) is 0.353. The second kappa shape index (κ2) is 6.85. The van der Waals surface area contributed by atoms with Gasteiger partial charge in [0.2, 0.25) is 11.8 Å². The molecule has 0 bridgehead atoms. The van der Waals surface area contributed by atoms with Crippen LogP contribution in [0, 0.1) is 0 Å². The molecule has 5 heteroatoms. The molecule has 3 N–H and O–H groups in total. The number of benzene rings is 2. The summed E-state index contributed by atoms with van der Waals surface area (Å²) in [5, 5.41) is 4.73. The highest BCUT2D eigenvalue weighted by Gasteiger charge is 2.19. The summed E-state index contributed by atoms with van der Waals surface area (Å²) in [7, 11) is 1.42. The molecular weight excluding hydrogens is 268 g/mol. The molecule has 0 aliphatic carbocycles. The summed E-state index contributed by atoms with van der Waals surface area (Å²) < 4.78 is 4.74. The lowest BCUT2D eigenvalue weighted by Gasteiger charge is -2.16. The molecular formula is C16H18N2O3. The van der Waals surface area contributed by atoms with Crippen LogP contribution in [0.1, 0.15) is 5.56 Å². The maximum absolute atomic E-state index is 11.6. The van der Waals surface area contributed by atoms with E-state index in [1.165, 1.54) is 7.11 Å². The van der Waals surface area contributed by atoms with E-state index >= 15 is 0 Å². The highest BCUT2D eigenvalue weighted by atomic mass is 16.5. The van der Waals surface area contributed by atoms with Crippen molar-refractivity contribution in [3.8, 4) is 0 Å². The van der Waals surface area contributed by atoms with E-state index < -0.39 is 11.9 Å². The zero-order valence-corrected chi connectivity index (χ0v) is 11.8. The fraction of sp³-hybridized carbons (Fsp3) is 0.250. The Morgan fingerprint density at radius 3 is 2.62 bits per heavy atom. The van der Waals surface area contributed by atoms with Gasteiger partial charge in [-0.15, -0.1) is 0 Å². The molecule has 21 heavy (non-hydrogen) atoms. The summed E-state index contributed by atoms with van der Waals surface area (Å²) in [5.41, 5.74) is 6.35. The number of nitrogens with one attached hydrogen (secondary N) is 1. The molecule has 0 saturated heterocycles. The van der Waals surface area contributed by atoms with Crippen molar-refractivity contribution in [2.75, 3.05) is 13.7 Å². The van der Waals surface area contributed by atoms with Crippen molar-refractivity contribution in [1.29, 1.82) is 0 Å². The second-order valence-electron chi connectivity index (χ2n) is 4.80. The van der Waals surface area contributed by atoms with Crippen LogP contribution in [-0.4, -0.2) is 31.6 Å². The van der Waals surface area contributed by atoms with Gasteiger partial charge >= 0.3 is 0 Å². The van der Waals surface area contributed by atoms with Crippen molar-refractivity contribution in [2.24, 2.45) is 5.73 Å². The van der Waals surface area contributed by atoms with Gasteiger partial charge in [0.15, 0.2) is 0 Å². The third-order valence-corrected chi connectivity index (χ3v) is 3.26. The first-order valence-corrected chi connectivity index (χ1v) is 6.66. The highest BCUT2D eigenvalue weighted by Crippen LogP contribution is 2.19. The van der Waals surface area contributed by atoms with Crippen LogP contribution in [0.3, 0.4) is 0 Å². The first kappa shape index (κ1) is 15.0. The van der Waals surface area contributed by atoms with Gasteiger partial charge in [0.1, 0.15) is 12.6 Å². The molecule has 0 aliphatic heterocycles. The minimum atomic E-state index is -0.751. The number of methoxy groups -OCH3 is 1. The summed E-state index contributed by atoms with van der Waals surface area (Å²) in [6.45, 7) is -0.0979. The van der Waals surface area contributed by atoms with Gasteiger partial charge in [0.05, 0.1) is 0 Å². The quantitative estimate of drug-likeness (QED) is 0.831. The van der Waals surface area contributed by atoms with Gasteiger partial charge in [0, 0.05) is 13.5 Å². The molecule has 2 amide bonds. The predicted molar refractivity (Wildman–Crippen MR) is 80.7 cm³/mol. The molecule has 2 rings (SSSR count). The molecule has 0 aromatic heterocycles. The largest absolute Gasteiger partial charge is 0.375 e. The maximum Gasteiger partial charge on any atom is 0.246 e. The first-order valence-electron chi connectivity index (χ1n) is 6.66. The average molecular weight is 286 g/mol. The highest BCUT2D eigenvalue weighted by molar-refractivity contribution is 5.89. The molecule has 0 spiro atoms. The fourth-order valence-corrected chi connectivity index (χ4v) is 2.28. The number of fused-ring (bicyclic) bond motifs is 1. The van der Waals surface area contributed by atoms with E-state index in [1.54, 1.807) is 0 Å². The lowest BCUT2D eigenvalue weighted by molar-refractivity contribution is -0.129. The first-order chi connectivity index (χ1) is 10.1. The van der Waals surface area contributed by atoms with Crippen LogP contribution in [-0.2, 0) is 20.7 Å². The molecule has 0 radical (unpaired) electrons. The van der Waals surface area contributed by atoms with E-state index in [9.17, 15) is 9.59 Å². The summed E-state index contributed by atoms with van der Waals surface area (Å²) in [4.78, 5) is 23.1. The number of hydrogen-bond donors (Lipinski definition) is 2. The van der Waals surface area contributed by atoms with Gasteiger partial charge in [-0.25, -0.2) is 0 Å². The molecule has 110 valence electrons. The molecule has 0 fully saturated rings. The fourth-order valence-electron chi connectivity index (χ4n) is 2.28. The topological polar surface area (TPSA) is 81.4 Å². The van der Waals surface area contributed by atoms with Crippen LogP contribution in [0.5, 0.6) is 0 Å². The summed E-state index contributed by atoms with van der Waals surface area (Å²) in [6, 6.07) is 13.0. The Morgan fingerprint density at radius 1 is 1.19 bits per heavy atom. The third kappa shape index (κ3) is 3.79. The van der Waals surface area contributed by atoms with Crippen LogP contribution in [0.25, 0.3) is 10.8 Å². The average Bonchev–Trinajstić information content (AvgIpc) is 2.47. The normalized spacial score (nSPS) is 12.0. The van der Waals surface area contributed by atoms with Crippen molar-refractivity contribution in [3.63, 3.8) is 0 Å². The number of carbonyl (C=O) groups is 2. The van der Waals surface area contributed by atoms with Gasteiger partial charge in [-0.1, -0.05) is 42.5 Å². The predicted octanol–water partition coefficient (Wildman–Crippen LogP) is 0.999.